The van der Waals surface area contributed by atoms with Gasteiger partial charge in [-0.15, -0.1) is 0 Å². The number of benzene rings is 1. The van der Waals surface area contributed by atoms with E-state index in [1.165, 1.54) is 4.90 Å². The number of halogens is 1. The monoisotopic (exact) mass is 352 g/mol. The number of amides is 2. The number of rotatable bonds is 7. The summed E-state index contributed by atoms with van der Waals surface area (Å²) in [6, 6.07) is 7.01. The Morgan fingerprint density at radius 3 is 2.46 bits per heavy atom. The van der Waals surface area contributed by atoms with Gasteiger partial charge < -0.3 is 15.1 Å². The van der Waals surface area contributed by atoms with Crippen molar-refractivity contribution in [3.8, 4) is 0 Å². The quantitative estimate of drug-likeness (QED) is 0.707. The summed E-state index contributed by atoms with van der Waals surface area (Å²) in [4.78, 5) is 13.7. The highest BCUT2D eigenvalue weighted by Crippen LogP contribution is 2.17. The minimum Gasteiger partial charge on any atom is -0.395 e. The van der Waals surface area contributed by atoms with Crippen LogP contribution in [0.3, 0.4) is 0 Å². The molecule has 0 bridgehead atoms. The van der Waals surface area contributed by atoms with Crippen LogP contribution in [0.2, 0.25) is 5.02 Å². The molecular weight excluding hydrogens is 332 g/mol. The van der Waals surface area contributed by atoms with E-state index in [1.54, 1.807) is 23.0 Å². The van der Waals surface area contributed by atoms with Gasteiger partial charge >= 0.3 is 6.03 Å². The molecule has 0 spiro atoms. The number of nitrogens with zero attached hydrogens (tertiary/aromatic N) is 3. The second-order valence-corrected chi connectivity index (χ2v) is 5.76. The third-order valence-electron chi connectivity index (χ3n) is 3.52. The highest BCUT2D eigenvalue weighted by molar-refractivity contribution is 6.30. The summed E-state index contributed by atoms with van der Waals surface area (Å²) in [5.74, 6) is 0.579. The second-order valence-electron chi connectivity index (χ2n) is 5.32. The average Bonchev–Trinajstić information content (AvgIpc) is 2.90. The Bertz CT molecular complexity index is 666. The standard InChI is InChI=1S/C16H21ClN4O3/c1-12-10-18-21(11-13-2-4-14(17)5-3-13)15(12)19-16(24)20(6-8-22)7-9-23/h2-5,10,22-23H,6-9,11H2,1H3,(H,19,24). The number of anilines is 1. The van der Waals surface area contributed by atoms with Gasteiger partial charge in [0.1, 0.15) is 5.82 Å². The molecule has 1 aromatic heterocycles. The van der Waals surface area contributed by atoms with E-state index in [0.717, 1.165) is 11.1 Å². The van der Waals surface area contributed by atoms with E-state index in [0.29, 0.717) is 17.4 Å². The lowest BCUT2D eigenvalue weighted by atomic mass is 10.2. The lowest BCUT2D eigenvalue weighted by molar-refractivity contribution is 0.167. The van der Waals surface area contributed by atoms with Crippen molar-refractivity contribution in [3.63, 3.8) is 0 Å². The van der Waals surface area contributed by atoms with Crippen LogP contribution in [0.1, 0.15) is 11.1 Å². The predicted octanol–water partition coefficient (Wildman–Crippen LogP) is 1.71. The molecule has 0 aliphatic carbocycles. The van der Waals surface area contributed by atoms with Gasteiger partial charge in [-0.25, -0.2) is 9.48 Å². The number of carbonyl (C=O) groups excluding carboxylic acids is 1. The first kappa shape index (κ1) is 18.3. The van der Waals surface area contributed by atoms with Crippen molar-refractivity contribution in [2.75, 3.05) is 31.6 Å². The predicted molar refractivity (Wildman–Crippen MR) is 92.3 cm³/mol. The summed E-state index contributed by atoms with van der Waals surface area (Å²) in [6.07, 6.45) is 1.67. The number of aromatic nitrogens is 2. The van der Waals surface area contributed by atoms with Crippen LogP contribution >= 0.6 is 11.6 Å². The van der Waals surface area contributed by atoms with E-state index in [1.807, 2.05) is 19.1 Å². The van der Waals surface area contributed by atoms with Crippen molar-refractivity contribution >= 4 is 23.4 Å². The molecule has 0 aliphatic rings. The third kappa shape index (κ3) is 4.70. The fourth-order valence-electron chi connectivity index (χ4n) is 2.26. The van der Waals surface area contributed by atoms with Crippen molar-refractivity contribution in [1.29, 1.82) is 0 Å². The molecule has 8 heteroatoms. The molecule has 0 saturated carbocycles. The molecule has 2 rings (SSSR count). The lowest BCUT2D eigenvalue weighted by Gasteiger charge is -2.21. The molecule has 0 radical (unpaired) electrons. The fourth-order valence-corrected chi connectivity index (χ4v) is 2.39. The van der Waals surface area contributed by atoms with Gasteiger partial charge in [0, 0.05) is 23.7 Å². The van der Waals surface area contributed by atoms with Crippen LogP contribution in [-0.4, -0.2) is 57.2 Å². The number of aliphatic hydroxyl groups is 2. The summed E-state index contributed by atoms with van der Waals surface area (Å²) in [5, 5.41) is 25.8. The Labute approximate surface area is 145 Å². The van der Waals surface area contributed by atoms with Crippen LogP contribution in [-0.2, 0) is 6.54 Å². The van der Waals surface area contributed by atoms with E-state index < -0.39 is 0 Å². The van der Waals surface area contributed by atoms with Gasteiger partial charge in [-0.3, -0.25) is 5.32 Å². The number of aliphatic hydroxyl groups excluding tert-OH is 2. The number of hydrogen-bond acceptors (Lipinski definition) is 4. The van der Waals surface area contributed by atoms with Crippen molar-refractivity contribution in [3.05, 3.63) is 46.6 Å². The summed E-state index contributed by atoms with van der Waals surface area (Å²) >= 11 is 5.89. The molecule has 1 heterocycles. The number of nitrogens with one attached hydrogen (secondary N) is 1. The van der Waals surface area contributed by atoms with Crippen LogP contribution in [0.4, 0.5) is 10.6 Å². The van der Waals surface area contributed by atoms with E-state index in [4.69, 9.17) is 21.8 Å². The molecule has 0 atom stereocenters. The van der Waals surface area contributed by atoms with Crippen LogP contribution in [0.25, 0.3) is 0 Å². The lowest BCUT2D eigenvalue weighted by Crippen LogP contribution is -2.39. The Morgan fingerprint density at radius 2 is 1.88 bits per heavy atom. The summed E-state index contributed by atoms with van der Waals surface area (Å²) in [5.41, 5.74) is 1.82. The highest BCUT2D eigenvalue weighted by atomic mass is 35.5. The molecule has 0 aliphatic heterocycles. The first-order chi connectivity index (χ1) is 11.5. The number of urea groups is 1. The van der Waals surface area contributed by atoms with Gasteiger partial charge in [0.15, 0.2) is 0 Å². The molecule has 0 fully saturated rings. The zero-order chi connectivity index (χ0) is 17.5. The van der Waals surface area contributed by atoms with Gasteiger partial charge in [0.05, 0.1) is 26.0 Å². The smallest absolute Gasteiger partial charge is 0.323 e. The van der Waals surface area contributed by atoms with Gasteiger partial charge in [-0.05, 0) is 24.6 Å². The Hall–Kier alpha value is -2.09. The van der Waals surface area contributed by atoms with Crippen LogP contribution in [0.5, 0.6) is 0 Å². The molecule has 24 heavy (non-hydrogen) atoms. The first-order valence-electron chi connectivity index (χ1n) is 7.59. The average molecular weight is 353 g/mol. The molecule has 2 amide bonds. The highest BCUT2D eigenvalue weighted by Gasteiger charge is 2.16. The number of hydrogen-bond donors (Lipinski definition) is 3. The van der Waals surface area contributed by atoms with Gasteiger partial charge in [0.2, 0.25) is 0 Å². The van der Waals surface area contributed by atoms with Crippen LogP contribution < -0.4 is 5.32 Å². The van der Waals surface area contributed by atoms with E-state index in [-0.39, 0.29) is 32.3 Å². The minimum absolute atomic E-state index is 0.150. The van der Waals surface area contributed by atoms with Gasteiger partial charge in [0.25, 0.3) is 0 Å². The third-order valence-corrected chi connectivity index (χ3v) is 3.77. The zero-order valence-corrected chi connectivity index (χ0v) is 14.2. The normalized spacial score (nSPS) is 10.7. The maximum absolute atomic E-state index is 12.3. The molecule has 130 valence electrons. The molecule has 0 unspecified atom stereocenters. The van der Waals surface area contributed by atoms with E-state index in [2.05, 4.69) is 10.4 Å². The zero-order valence-electron chi connectivity index (χ0n) is 13.4. The second kappa shape index (κ2) is 8.68. The number of aryl methyl sites for hydroxylation is 1. The van der Waals surface area contributed by atoms with E-state index >= 15 is 0 Å². The Morgan fingerprint density at radius 1 is 1.25 bits per heavy atom. The summed E-state index contributed by atoms with van der Waals surface area (Å²) in [7, 11) is 0. The minimum atomic E-state index is -0.390. The summed E-state index contributed by atoms with van der Waals surface area (Å²) < 4.78 is 1.69. The van der Waals surface area contributed by atoms with Crippen molar-refractivity contribution in [2.24, 2.45) is 0 Å². The fraction of sp³-hybridized carbons (Fsp3) is 0.375. The molecule has 1 aromatic carbocycles. The topological polar surface area (TPSA) is 90.6 Å². The maximum Gasteiger partial charge on any atom is 0.323 e. The van der Waals surface area contributed by atoms with Gasteiger partial charge in [-0.2, -0.15) is 5.10 Å². The molecule has 2 aromatic rings. The molecule has 3 N–H and O–H groups in total. The molecular formula is C16H21ClN4O3. The largest absolute Gasteiger partial charge is 0.395 e. The Kier molecular flexibility index (Phi) is 6.60. The van der Waals surface area contributed by atoms with E-state index in [9.17, 15) is 4.79 Å². The van der Waals surface area contributed by atoms with Crippen molar-refractivity contribution in [2.45, 2.75) is 13.5 Å². The maximum atomic E-state index is 12.3. The van der Waals surface area contributed by atoms with Crippen molar-refractivity contribution < 1.29 is 15.0 Å². The van der Waals surface area contributed by atoms with Crippen molar-refractivity contribution in [1.82, 2.24) is 14.7 Å². The summed E-state index contributed by atoms with van der Waals surface area (Å²) in [6.45, 7) is 2.30. The molecule has 7 nitrogen and oxygen atoms in total. The SMILES string of the molecule is Cc1cnn(Cc2ccc(Cl)cc2)c1NC(=O)N(CCO)CCO. The van der Waals surface area contributed by atoms with Crippen LogP contribution in [0, 0.1) is 6.92 Å². The molecule has 0 saturated heterocycles. The number of carbonyl (C=O) groups is 1. The van der Waals surface area contributed by atoms with Gasteiger partial charge in [-0.1, -0.05) is 23.7 Å². The van der Waals surface area contributed by atoms with Crippen LogP contribution in [0.15, 0.2) is 30.5 Å². The first-order valence-corrected chi connectivity index (χ1v) is 7.97. The Balaban J connectivity index is 2.14.